The molecule has 2 aromatic rings. The number of nitrogens with zero attached hydrogens (tertiary/aromatic N) is 4. The Kier molecular flexibility index (Phi) is 4.98. The highest BCUT2D eigenvalue weighted by Crippen LogP contribution is 2.28. The van der Waals surface area contributed by atoms with Crippen LogP contribution in [-0.2, 0) is 9.53 Å². The fourth-order valence-electron chi connectivity index (χ4n) is 3.43. The van der Waals surface area contributed by atoms with E-state index in [1.807, 2.05) is 29.1 Å². The quantitative estimate of drug-likeness (QED) is 0.880. The van der Waals surface area contributed by atoms with E-state index in [1.54, 1.807) is 11.3 Å². The largest absolute Gasteiger partial charge is 0.376 e. The van der Waals surface area contributed by atoms with Gasteiger partial charge < -0.3 is 15.0 Å². The zero-order chi connectivity index (χ0) is 17.1. The summed E-state index contributed by atoms with van der Waals surface area (Å²) >= 11 is 1.56. The SMILES string of the molecule is O=C(NC[C@H]1CCCO1)[C@H]1CCCN(c2nnc(-n3cccc3)s2)C1. The van der Waals surface area contributed by atoms with E-state index in [4.69, 9.17) is 4.74 Å². The van der Waals surface area contributed by atoms with Crippen LogP contribution in [0.2, 0.25) is 0 Å². The van der Waals surface area contributed by atoms with Gasteiger partial charge in [-0.05, 0) is 37.8 Å². The minimum absolute atomic E-state index is 0.00841. The Labute approximate surface area is 151 Å². The molecule has 2 aromatic heterocycles. The number of carbonyl (C=O) groups excluding carboxylic acids is 1. The summed E-state index contributed by atoms with van der Waals surface area (Å²) in [5, 5.41) is 13.4. The summed E-state index contributed by atoms with van der Waals surface area (Å²) in [6.45, 7) is 3.08. The highest BCUT2D eigenvalue weighted by atomic mass is 32.1. The van der Waals surface area contributed by atoms with Gasteiger partial charge in [0, 0.05) is 38.6 Å². The second-order valence-electron chi connectivity index (χ2n) is 6.62. The number of piperidine rings is 1. The molecular formula is C17H23N5O2S. The van der Waals surface area contributed by atoms with Gasteiger partial charge in [0.25, 0.3) is 0 Å². The minimum Gasteiger partial charge on any atom is -0.376 e. The smallest absolute Gasteiger partial charge is 0.224 e. The van der Waals surface area contributed by atoms with Gasteiger partial charge in [0.05, 0.1) is 12.0 Å². The maximum Gasteiger partial charge on any atom is 0.224 e. The van der Waals surface area contributed by atoms with Crippen LogP contribution in [0.3, 0.4) is 0 Å². The van der Waals surface area contributed by atoms with Crippen LogP contribution < -0.4 is 10.2 Å². The Balaban J connectivity index is 1.35. The van der Waals surface area contributed by atoms with Gasteiger partial charge >= 0.3 is 0 Å². The van der Waals surface area contributed by atoms with Crippen molar-refractivity contribution in [3.8, 4) is 5.13 Å². The van der Waals surface area contributed by atoms with Crippen molar-refractivity contribution in [2.45, 2.75) is 31.8 Å². The minimum atomic E-state index is 0.00841. The van der Waals surface area contributed by atoms with Gasteiger partial charge in [0.2, 0.25) is 16.2 Å². The van der Waals surface area contributed by atoms with Crippen molar-refractivity contribution in [3.63, 3.8) is 0 Å². The van der Waals surface area contributed by atoms with E-state index in [1.165, 1.54) is 0 Å². The highest BCUT2D eigenvalue weighted by molar-refractivity contribution is 7.17. The van der Waals surface area contributed by atoms with E-state index in [0.29, 0.717) is 13.1 Å². The first-order chi connectivity index (χ1) is 12.3. The predicted octanol–water partition coefficient (Wildman–Crippen LogP) is 1.84. The molecule has 1 amide bonds. The van der Waals surface area contributed by atoms with Gasteiger partial charge in [-0.15, -0.1) is 10.2 Å². The Morgan fingerprint density at radius 1 is 1.24 bits per heavy atom. The molecule has 0 unspecified atom stereocenters. The molecule has 4 heterocycles. The molecule has 0 aliphatic carbocycles. The molecule has 0 saturated carbocycles. The van der Waals surface area contributed by atoms with Crippen molar-refractivity contribution in [2.24, 2.45) is 5.92 Å². The molecule has 2 saturated heterocycles. The van der Waals surface area contributed by atoms with Gasteiger partial charge in [-0.2, -0.15) is 0 Å². The molecule has 134 valence electrons. The number of anilines is 1. The summed E-state index contributed by atoms with van der Waals surface area (Å²) in [6.07, 6.45) is 8.18. The third kappa shape index (κ3) is 3.85. The molecule has 0 spiro atoms. The van der Waals surface area contributed by atoms with Gasteiger partial charge in [-0.3, -0.25) is 9.36 Å². The van der Waals surface area contributed by atoms with Crippen molar-refractivity contribution in [3.05, 3.63) is 24.5 Å². The number of nitrogens with one attached hydrogen (secondary N) is 1. The number of rotatable bonds is 5. The number of hydrogen-bond donors (Lipinski definition) is 1. The lowest BCUT2D eigenvalue weighted by Gasteiger charge is -2.31. The lowest BCUT2D eigenvalue weighted by atomic mass is 9.97. The Bertz CT molecular complexity index is 696. The van der Waals surface area contributed by atoms with Crippen LogP contribution in [-0.4, -0.2) is 53.0 Å². The molecule has 1 N–H and O–H groups in total. The van der Waals surface area contributed by atoms with Crippen LogP contribution in [0.4, 0.5) is 5.13 Å². The van der Waals surface area contributed by atoms with Crippen molar-refractivity contribution in [1.82, 2.24) is 20.1 Å². The van der Waals surface area contributed by atoms with Crippen LogP contribution in [0.5, 0.6) is 0 Å². The lowest BCUT2D eigenvalue weighted by molar-refractivity contribution is -0.125. The van der Waals surface area contributed by atoms with E-state index in [9.17, 15) is 4.79 Å². The number of carbonyl (C=O) groups is 1. The van der Waals surface area contributed by atoms with E-state index in [2.05, 4.69) is 20.4 Å². The summed E-state index contributed by atoms with van der Waals surface area (Å²) in [5.74, 6) is 0.143. The first-order valence-corrected chi connectivity index (χ1v) is 9.72. The van der Waals surface area contributed by atoms with Crippen molar-refractivity contribution in [2.75, 3.05) is 31.1 Å². The predicted molar refractivity (Wildman–Crippen MR) is 96.2 cm³/mol. The normalized spacial score (nSPS) is 23.8. The summed E-state index contributed by atoms with van der Waals surface area (Å²) in [4.78, 5) is 14.7. The third-order valence-electron chi connectivity index (χ3n) is 4.82. The van der Waals surface area contributed by atoms with Crippen molar-refractivity contribution in [1.29, 1.82) is 0 Å². The number of hydrogen-bond acceptors (Lipinski definition) is 6. The van der Waals surface area contributed by atoms with Crippen LogP contribution in [0, 0.1) is 5.92 Å². The third-order valence-corrected chi connectivity index (χ3v) is 5.82. The van der Waals surface area contributed by atoms with Crippen LogP contribution >= 0.6 is 11.3 Å². The molecule has 0 aromatic carbocycles. The molecule has 0 bridgehead atoms. The summed E-state index contributed by atoms with van der Waals surface area (Å²) in [5.41, 5.74) is 0. The molecule has 8 heteroatoms. The lowest BCUT2D eigenvalue weighted by Crippen LogP contribution is -2.44. The maximum atomic E-state index is 12.5. The van der Waals surface area contributed by atoms with Gasteiger partial charge in [-0.25, -0.2) is 0 Å². The maximum absolute atomic E-state index is 12.5. The second kappa shape index (κ2) is 7.53. The van der Waals surface area contributed by atoms with E-state index in [0.717, 1.165) is 49.1 Å². The molecular weight excluding hydrogens is 338 g/mol. The first kappa shape index (κ1) is 16.5. The number of amides is 1. The summed E-state index contributed by atoms with van der Waals surface area (Å²) in [7, 11) is 0. The average molecular weight is 361 g/mol. The molecule has 2 aliphatic rings. The molecule has 2 fully saturated rings. The first-order valence-electron chi connectivity index (χ1n) is 8.91. The molecule has 25 heavy (non-hydrogen) atoms. The Hall–Kier alpha value is -1.93. The molecule has 2 aliphatic heterocycles. The van der Waals surface area contributed by atoms with Crippen LogP contribution in [0.1, 0.15) is 25.7 Å². The number of aromatic nitrogens is 3. The topological polar surface area (TPSA) is 72.3 Å². The summed E-state index contributed by atoms with van der Waals surface area (Å²) < 4.78 is 7.53. The zero-order valence-corrected chi connectivity index (χ0v) is 15.0. The van der Waals surface area contributed by atoms with E-state index < -0.39 is 0 Å². The number of ether oxygens (including phenoxy) is 1. The van der Waals surface area contributed by atoms with E-state index >= 15 is 0 Å². The molecule has 0 radical (unpaired) electrons. The Morgan fingerprint density at radius 3 is 2.88 bits per heavy atom. The fourth-order valence-corrected chi connectivity index (χ4v) is 4.28. The fraction of sp³-hybridized carbons (Fsp3) is 0.588. The van der Waals surface area contributed by atoms with Gasteiger partial charge in [-0.1, -0.05) is 11.3 Å². The van der Waals surface area contributed by atoms with Crippen molar-refractivity contribution >= 4 is 22.4 Å². The standard InChI is InChI=1S/C17H23N5O2S/c23-15(18-11-14-6-4-10-24-14)13-5-3-9-22(12-13)17-20-19-16(25-17)21-7-1-2-8-21/h1-2,7-8,13-14H,3-6,9-12H2,(H,18,23)/t13-,14+/m0/s1. The van der Waals surface area contributed by atoms with Gasteiger partial charge in [0.1, 0.15) is 0 Å². The Morgan fingerprint density at radius 2 is 2.08 bits per heavy atom. The monoisotopic (exact) mass is 361 g/mol. The van der Waals surface area contributed by atoms with Crippen LogP contribution in [0.15, 0.2) is 24.5 Å². The summed E-state index contributed by atoms with van der Waals surface area (Å²) in [6, 6.07) is 3.94. The zero-order valence-electron chi connectivity index (χ0n) is 14.1. The van der Waals surface area contributed by atoms with Gasteiger partial charge in [0.15, 0.2) is 0 Å². The second-order valence-corrected chi connectivity index (χ2v) is 7.56. The molecule has 4 rings (SSSR count). The van der Waals surface area contributed by atoms with Crippen molar-refractivity contribution < 1.29 is 9.53 Å². The average Bonchev–Trinajstić information content (AvgIpc) is 3.41. The molecule has 2 atom stereocenters. The van der Waals surface area contributed by atoms with E-state index in [-0.39, 0.29) is 17.9 Å². The molecule has 7 nitrogen and oxygen atoms in total. The highest BCUT2D eigenvalue weighted by Gasteiger charge is 2.28. The van der Waals surface area contributed by atoms with Crippen LogP contribution in [0.25, 0.3) is 5.13 Å².